The molecule has 2 aromatic heterocycles. The number of aryl methyl sites for hydroxylation is 2. The average Bonchev–Trinajstić information content (AvgIpc) is 2.83. The molecule has 6 heteroatoms. The summed E-state index contributed by atoms with van der Waals surface area (Å²) in [5.41, 5.74) is 9.31. The molecule has 0 aliphatic carbocycles. The van der Waals surface area contributed by atoms with Crippen molar-refractivity contribution in [3.8, 4) is 11.4 Å². The van der Waals surface area contributed by atoms with Crippen LogP contribution in [0.3, 0.4) is 0 Å². The summed E-state index contributed by atoms with van der Waals surface area (Å²) in [6.07, 6.45) is 0.950. The zero-order chi connectivity index (χ0) is 14.3. The van der Waals surface area contributed by atoms with E-state index in [0.29, 0.717) is 17.0 Å². The van der Waals surface area contributed by atoms with Gasteiger partial charge >= 0.3 is 0 Å². The minimum atomic E-state index is -0.311. The highest BCUT2D eigenvalue weighted by Crippen LogP contribution is 2.21. The molecule has 0 atom stereocenters. The fraction of sp³-hybridized carbons (Fsp3) is 0.214. The Morgan fingerprint density at radius 3 is 2.80 bits per heavy atom. The van der Waals surface area contributed by atoms with Crippen LogP contribution < -0.4 is 11.3 Å². The Balaban J connectivity index is 2.20. The quantitative estimate of drug-likeness (QED) is 0.660. The number of rotatable bonds is 2. The summed E-state index contributed by atoms with van der Waals surface area (Å²) in [7, 11) is 0. The van der Waals surface area contributed by atoms with E-state index >= 15 is 0 Å². The molecule has 0 aliphatic rings. The van der Waals surface area contributed by atoms with Crippen LogP contribution in [0, 0.1) is 6.92 Å². The highest BCUT2D eigenvalue weighted by Gasteiger charge is 2.11. The highest BCUT2D eigenvalue weighted by atomic mass is 16.1. The molecule has 20 heavy (non-hydrogen) atoms. The van der Waals surface area contributed by atoms with Crippen molar-refractivity contribution in [1.29, 1.82) is 0 Å². The van der Waals surface area contributed by atoms with E-state index in [9.17, 15) is 4.79 Å². The Labute approximate surface area is 115 Å². The number of fused-ring (bicyclic) bond motifs is 1. The Morgan fingerprint density at radius 2 is 2.05 bits per heavy atom. The van der Waals surface area contributed by atoms with Gasteiger partial charge in [0.15, 0.2) is 11.2 Å². The van der Waals surface area contributed by atoms with Crippen molar-refractivity contribution in [3.63, 3.8) is 0 Å². The second kappa shape index (κ2) is 4.48. The second-order valence-electron chi connectivity index (χ2n) is 4.73. The van der Waals surface area contributed by atoms with Crippen LogP contribution in [0.4, 0.5) is 5.95 Å². The lowest BCUT2D eigenvalue weighted by Gasteiger charge is -2.04. The minimum Gasteiger partial charge on any atom is -0.369 e. The van der Waals surface area contributed by atoms with E-state index in [1.807, 2.05) is 12.1 Å². The molecule has 3 aromatic rings. The molecule has 0 aliphatic heterocycles. The summed E-state index contributed by atoms with van der Waals surface area (Å²) in [6, 6.07) is 6.10. The third kappa shape index (κ3) is 1.95. The molecule has 1 aromatic carbocycles. The van der Waals surface area contributed by atoms with Gasteiger partial charge in [-0.3, -0.25) is 9.78 Å². The maximum Gasteiger partial charge on any atom is 0.278 e. The number of benzene rings is 1. The molecule has 3 rings (SSSR count). The number of anilines is 1. The standard InChI is InChI=1S/C14H15N5O/c1-3-8-6-9(5-4-7(8)2)11-16-10-12(17-11)18-14(15)19-13(10)20/h4-6H,3H2,1-2H3,(H4,15,16,17,18,19,20). The lowest BCUT2D eigenvalue weighted by Crippen LogP contribution is -2.10. The Hall–Kier alpha value is -2.63. The lowest BCUT2D eigenvalue weighted by atomic mass is 10.0. The molecule has 0 spiro atoms. The first kappa shape index (κ1) is 12.4. The van der Waals surface area contributed by atoms with Crippen LogP contribution in [0.15, 0.2) is 23.0 Å². The molecule has 0 fully saturated rings. The van der Waals surface area contributed by atoms with Crippen LogP contribution in [0.5, 0.6) is 0 Å². The van der Waals surface area contributed by atoms with E-state index < -0.39 is 0 Å². The maximum absolute atomic E-state index is 11.8. The minimum absolute atomic E-state index is 0.0682. The van der Waals surface area contributed by atoms with Crippen molar-refractivity contribution in [2.24, 2.45) is 0 Å². The molecular weight excluding hydrogens is 254 g/mol. The normalized spacial score (nSPS) is 11.1. The number of aromatic amines is 2. The molecule has 2 heterocycles. The first-order valence-electron chi connectivity index (χ1n) is 6.44. The number of hydrogen-bond donors (Lipinski definition) is 3. The van der Waals surface area contributed by atoms with Gasteiger partial charge in [-0.25, -0.2) is 4.98 Å². The van der Waals surface area contributed by atoms with Gasteiger partial charge in [0.2, 0.25) is 5.95 Å². The molecule has 0 saturated carbocycles. The number of nitrogen functional groups attached to an aromatic ring is 1. The van der Waals surface area contributed by atoms with Crippen molar-refractivity contribution in [2.75, 3.05) is 5.73 Å². The van der Waals surface area contributed by atoms with Crippen molar-refractivity contribution in [3.05, 3.63) is 39.7 Å². The molecule has 6 nitrogen and oxygen atoms in total. The van der Waals surface area contributed by atoms with E-state index in [0.717, 1.165) is 12.0 Å². The number of hydrogen-bond acceptors (Lipinski definition) is 4. The summed E-state index contributed by atoms with van der Waals surface area (Å²) in [5, 5.41) is 0. The predicted octanol–water partition coefficient (Wildman–Crippen LogP) is 1.77. The van der Waals surface area contributed by atoms with Crippen molar-refractivity contribution in [2.45, 2.75) is 20.3 Å². The van der Waals surface area contributed by atoms with E-state index in [4.69, 9.17) is 5.73 Å². The zero-order valence-electron chi connectivity index (χ0n) is 11.3. The van der Waals surface area contributed by atoms with E-state index in [-0.39, 0.29) is 11.5 Å². The average molecular weight is 269 g/mol. The van der Waals surface area contributed by atoms with Gasteiger partial charge in [0, 0.05) is 5.56 Å². The molecule has 4 N–H and O–H groups in total. The first-order valence-corrected chi connectivity index (χ1v) is 6.44. The number of H-pyrrole nitrogens is 2. The molecule has 0 unspecified atom stereocenters. The van der Waals surface area contributed by atoms with Crippen molar-refractivity contribution < 1.29 is 0 Å². The van der Waals surface area contributed by atoms with E-state index in [2.05, 4.69) is 39.8 Å². The fourth-order valence-corrected chi connectivity index (χ4v) is 2.26. The second-order valence-corrected chi connectivity index (χ2v) is 4.73. The number of nitrogens with zero attached hydrogens (tertiary/aromatic N) is 2. The van der Waals surface area contributed by atoms with Gasteiger partial charge in [0.05, 0.1) is 0 Å². The highest BCUT2D eigenvalue weighted by molar-refractivity contribution is 5.76. The maximum atomic E-state index is 11.8. The van der Waals surface area contributed by atoms with Crippen LogP contribution in [0.2, 0.25) is 0 Å². The zero-order valence-corrected chi connectivity index (χ0v) is 11.3. The molecular formula is C14H15N5O. The first-order chi connectivity index (χ1) is 9.58. The molecule has 0 amide bonds. The van der Waals surface area contributed by atoms with Crippen molar-refractivity contribution in [1.82, 2.24) is 19.9 Å². The monoisotopic (exact) mass is 269 g/mol. The van der Waals surface area contributed by atoms with E-state index in [1.54, 1.807) is 0 Å². The van der Waals surface area contributed by atoms with Gasteiger partial charge in [-0.15, -0.1) is 0 Å². The van der Waals surface area contributed by atoms with Gasteiger partial charge < -0.3 is 10.7 Å². The molecule has 0 bridgehead atoms. The Morgan fingerprint density at radius 1 is 1.25 bits per heavy atom. The van der Waals surface area contributed by atoms with Gasteiger partial charge in [-0.2, -0.15) is 4.98 Å². The van der Waals surface area contributed by atoms with Crippen LogP contribution in [-0.4, -0.2) is 19.9 Å². The summed E-state index contributed by atoms with van der Waals surface area (Å²) in [6.45, 7) is 4.19. The third-order valence-electron chi connectivity index (χ3n) is 3.38. The summed E-state index contributed by atoms with van der Waals surface area (Å²) < 4.78 is 0. The third-order valence-corrected chi connectivity index (χ3v) is 3.38. The van der Waals surface area contributed by atoms with Crippen LogP contribution >= 0.6 is 0 Å². The van der Waals surface area contributed by atoms with Gasteiger partial charge in [0.25, 0.3) is 5.56 Å². The Kier molecular flexibility index (Phi) is 2.78. The predicted molar refractivity (Wildman–Crippen MR) is 78.5 cm³/mol. The van der Waals surface area contributed by atoms with Gasteiger partial charge in [0.1, 0.15) is 5.82 Å². The number of aromatic nitrogens is 4. The number of nitrogens with two attached hydrogens (primary N) is 1. The van der Waals surface area contributed by atoms with Gasteiger partial charge in [-0.05, 0) is 30.5 Å². The summed E-state index contributed by atoms with van der Waals surface area (Å²) in [4.78, 5) is 25.6. The van der Waals surface area contributed by atoms with Crippen LogP contribution in [0.25, 0.3) is 22.6 Å². The lowest BCUT2D eigenvalue weighted by molar-refractivity contribution is 1.11. The fourth-order valence-electron chi connectivity index (χ4n) is 2.26. The summed E-state index contributed by atoms with van der Waals surface area (Å²) >= 11 is 0. The largest absolute Gasteiger partial charge is 0.369 e. The van der Waals surface area contributed by atoms with Crippen LogP contribution in [-0.2, 0) is 6.42 Å². The smallest absolute Gasteiger partial charge is 0.278 e. The summed E-state index contributed by atoms with van der Waals surface area (Å²) in [5.74, 6) is 0.692. The SMILES string of the molecule is CCc1cc(-c2nc3nc(N)[nH]c(=O)c3[nH]2)ccc1C. The number of nitrogens with one attached hydrogen (secondary N) is 2. The van der Waals surface area contributed by atoms with Crippen LogP contribution in [0.1, 0.15) is 18.1 Å². The molecule has 0 saturated heterocycles. The number of imidazole rings is 1. The Bertz CT molecular complexity index is 846. The molecule has 102 valence electrons. The van der Waals surface area contributed by atoms with Gasteiger partial charge in [-0.1, -0.05) is 19.1 Å². The van der Waals surface area contributed by atoms with E-state index in [1.165, 1.54) is 11.1 Å². The van der Waals surface area contributed by atoms with Crippen molar-refractivity contribution >= 4 is 17.1 Å². The molecule has 0 radical (unpaired) electrons. The topological polar surface area (TPSA) is 100 Å².